The normalized spacial score (nSPS) is 23.2. The minimum atomic E-state index is -0.132. The maximum absolute atomic E-state index is 12.5. The van der Waals surface area contributed by atoms with Gasteiger partial charge in [-0.2, -0.15) is 0 Å². The number of para-hydroxylation sites is 1. The third kappa shape index (κ3) is 2.91. The van der Waals surface area contributed by atoms with Gasteiger partial charge in [-0.1, -0.05) is 31.0 Å². The molecule has 1 atom stereocenters. The zero-order chi connectivity index (χ0) is 14.7. The van der Waals surface area contributed by atoms with Crippen LogP contribution in [0.5, 0.6) is 5.75 Å². The molecule has 2 aliphatic rings. The lowest BCUT2D eigenvalue weighted by molar-refractivity contribution is -0.123. The first-order chi connectivity index (χ1) is 10.2. The quantitative estimate of drug-likeness (QED) is 0.893. The second kappa shape index (κ2) is 6.06. The summed E-state index contributed by atoms with van der Waals surface area (Å²) in [6, 6.07) is 7.76. The highest BCUT2D eigenvalue weighted by atomic mass is 16.5. The fourth-order valence-electron chi connectivity index (χ4n) is 3.53. The van der Waals surface area contributed by atoms with Gasteiger partial charge >= 0.3 is 0 Å². The van der Waals surface area contributed by atoms with E-state index in [4.69, 9.17) is 4.74 Å². The van der Waals surface area contributed by atoms with Crippen LogP contribution < -0.4 is 10.1 Å². The monoisotopic (exact) mass is 289 g/mol. The maximum atomic E-state index is 12.5. The van der Waals surface area contributed by atoms with Gasteiger partial charge in [-0.05, 0) is 25.3 Å². The third-order valence-corrected chi connectivity index (χ3v) is 4.91. The van der Waals surface area contributed by atoms with Gasteiger partial charge in [0.1, 0.15) is 5.75 Å². The van der Waals surface area contributed by atoms with Crippen molar-refractivity contribution >= 4 is 5.91 Å². The number of nitrogens with one attached hydrogen (secondary N) is 1. The van der Waals surface area contributed by atoms with E-state index in [9.17, 15) is 9.90 Å². The van der Waals surface area contributed by atoms with Crippen LogP contribution >= 0.6 is 0 Å². The summed E-state index contributed by atoms with van der Waals surface area (Å²) >= 11 is 0. The summed E-state index contributed by atoms with van der Waals surface area (Å²) in [7, 11) is 0. The Bertz CT molecular complexity index is 509. The number of carbonyl (C=O) groups excluding carboxylic acids is 1. The molecule has 1 fully saturated rings. The first-order valence-corrected chi connectivity index (χ1v) is 7.84. The molecule has 2 N–H and O–H groups in total. The topological polar surface area (TPSA) is 58.6 Å². The molecule has 0 aromatic heterocycles. The Balaban J connectivity index is 1.66. The summed E-state index contributed by atoms with van der Waals surface area (Å²) in [4.78, 5) is 12.5. The number of carbonyl (C=O) groups is 1. The molecule has 1 aromatic carbocycles. The highest BCUT2D eigenvalue weighted by Gasteiger charge is 2.35. The summed E-state index contributed by atoms with van der Waals surface area (Å²) in [5.74, 6) is 0.749. The molecular weight excluding hydrogens is 266 g/mol. The van der Waals surface area contributed by atoms with Crippen LogP contribution in [0.25, 0.3) is 0 Å². The fraction of sp³-hybridized carbons (Fsp3) is 0.588. The number of fused-ring (bicyclic) bond motifs is 1. The average Bonchev–Trinajstić information content (AvgIpc) is 3.01. The molecule has 1 aliphatic heterocycles. The van der Waals surface area contributed by atoms with Crippen molar-refractivity contribution in [3.63, 3.8) is 0 Å². The summed E-state index contributed by atoms with van der Waals surface area (Å²) in [6.45, 7) is 1.33. The van der Waals surface area contributed by atoms with Gasteiger partial charge in [0.2, 0.25) is 5.91 Å². The van der Waals surface area contributed by atoms with Gasteiger partial charge < -0.3 is 15.2 Å². The van der Waals surface area contributed by atoms with E-state index in [1.165, 1.54) is 0 Å². The maximum Gasteiger partial charge on any atom is 0.227 e. The standard InChI is InChI=1S/C17H23NO3/c19-12-17(8-3-4-9-17)11-18-16(20)14-7-10-21-15-6-2-1-5-13(14)15/h1-2,5-6,14,19H,3-4,7-12H2,(H,18,20). The molecule has 1 aromatic rings. The van der Waals surface area contributed by atoms with Crippen molar-refractivity contribution in [1.82, 2.24) is 5.32 Å². The molecule has 1 amide bonds. The summed E-state index contributed by atoms with van der Waals surface area (Å²) in [6.07, 6.45) is 5.03. The van der Waals surface area contributed by atoms with Gasteiger partial charge in [-0.25, -0.2) is 0 Å². The fourth-order valence-corrected chi connectivity index (χ4v) is 3.53. The van der Waals surface area contributed by atoms with Crippen molar-refractivity contribution in [2.24, 2.45) is 5.41 Å². The smallest absolute Gasteiger partial charge is 0.227 e. The predicted octanol–water partition coefficient (Wildman–Crippen LogP) is 2.22. The Morgan fingerprint density at radius 1 is 1.33 bits per heavy atom. The van der Waals surface area contributed by atoms with Crippen molar-refractivity contribution in [2.45, 2.75) is 38.0 Å². The number of ether oxygens (including phenoxy) is 1. The molecular formula is C17H23NO3. The first-order valence-electron chi connectivity index (χ1n) is 7.84. The van der Waals surface area contributed by atoms with Gasteiger partial charge in [0.15, 0.2) is 0 Å². The zero-order valence-electron chi connectivity index (χ0n) is 12.3. The van der Waals surface area contributed by atoms with E-state index in [1.54, 1.807) is 0 Å². The van der Waals surface area contributed by atoms with Gasteiger partial charge in [0.05, 0.1) is 19.1 Å². The van der Waals surface area contributed by atoms with E-state index >= 15 is 0 Å². The van der Waals surface area contributed by atoms with E-state index in [1.807, 2.05) is 24.3 Å². The Kier molecular flexibility index (Phi) is 4.15. The summed E-state index contributed by atoms with van der Waals surface area (Å²) < 4.78 is 5.60. The Labute approximate surface area is 125 Å². The number of aliphatic hydroxyl groups excluding tert-OH is 1. The van der Waals surface area contributed by atoms with Gasteiger partial charge in [0.25, 0.3) is 0 Å². The molecule has 1 saturated carbocycles. The molecule has 4 heteroatoms. The van der Waals surface area contributed by atoms with E-state index in [2.05, 4.69) is 5.32 Å². The van der Waals surface area contributed by atoms with Crippen molar-refractivity contribution in [3.05, 3.63) is 29.8 Å². The lowest BCUT2D eigenvalue weighted by atomic mass is 9.86. The molecule has 0 spiro atoms. The minimum absolute atomic E-state index is 0.0606. The molecule has 21 heavy (non-hydrogen) atoms. The van der Waals surface area contributed by atoms with Crippen LogP contribution in [0.15, 0.2) is 24.3 Å². The third-order valence-electron chi connectivity index (χ3n) is 4.91. The summed E-state index contributed by atoms with van der Waals surface area (Å²) in [5.41, 5.74) is 0.881. The van der Waals surface area contributed by atoms with Crippen LogP contribution in [-0.2, 0) is 4.79 Å². The van der Waals surface area contributed by atoms with Gasteiger partial charge in [-0.3, -0.25) is 4.79 Å². The molecule has 3 rings (SSSR count). The van der Waals surface area contributed by atoms with E-state index in [-0.39, 0.29) is 23.8 Å². The molecule has 0 saturated heterocycles. The van der Waals surface area contributed by atoms with Crippen molar-refractivity contribution in [1.29, 1.82) is 0 Å². The largest absolute Gasteiger partial charge is 0.493 e. The lowest BCUT2D eigenvalue weighted by Gasteiger charge is -2.29. The highest BCUT2D eigenvalue weighted by Crippen LogP contribution is 2.38. The Morgan fingerprint density at radius 2 is 2.10 bits per heavy atom. The lowest BCUT2D eigenvalue weighted by Crippen LogP contribution is -2.41. The van der Waals surface area contributed by atoms with Crippen LogP contribution in [0.3, 0.4) is 0 Å². The van der Waals surface area contributed by atoms with Crippen LogP contribution in [0.2, 0.25) is 0 Å². The number of hydrogen-bond acceptors (Lipinski definition) is 3. The van der Waals surface area contributed by atoms with Crippen molar-refractivity contribution in [2.75, 3.05) is 19.8 Å². The van der Waals surface area contributed by atoms with Crippen LogP contribution in [0.1, 0.15) is 43.6 Å². The molecule has 1 heterocycles. The van der Waals surface area contributed by atoms with E-state index in [0.717, 1.165) is 43.4 Å². The van der Waals surface area contributed by atoms with E-state index < -0.39 is 0 Å². The minimum Gasteiger partial charge on any atom is -0.493 e. The number of aliphatic hydroxyl groups is 1. The van der Waals surface area contributed by atoms with E-state index in [0.29, 0.717) is 13.2 Å². The van der Waals surface area contributed by atoms with Crippen LogP contribution in [0.4, 0.5) is 0 Å². The highest BCUT2D eigenvalue weighted by molar-refractivity contribution is 5.84. The van der Waals surface area contributed by atoms with Gasteiger partial charge in [0, 0.05) is 17.5 Å². The Morgan fingerprint density at radius 3 is 2.86 bits per heavy atom. The number of amides is 1. The second-order valence-electron chi connectivity index (χ2n) is 6.31. The van der Waals surface area contributed by atoms with Crippen molar-refractivity contribution in [3.8, 4) is 5.75 Å². The number of benzene rings is 1. The van der Waals surface area contributed by atoms with Crippen molar-refractivity contribution < 1.29 is 14.6 Å². The molecule has 1 unspecified atom stereocenters. The number of rotatable bonds is 4. The van der Waals surface area contributed by atoms with Gasteiger partial charge in [-0.15, -0.1) is 0 Å². The zero-order valence-corrected chi connectivity index (χ0v) is 12.3. The SMILES string of the molecule is O=C(NCC1(CO)CCCC1)C1CCOc2ccccc21. The number of hydrogen-bond donors (Lipinski definition) is 2. The molecule has 1 aliphatic carbocycles. The molecule has 4 nitrogen and oxygen atoms in total. The first kappa shape index (κ1) is 14.4. The molecule has 0 radical (unpaired) electrons. The average molecular weight is 289 g/mol. The Hall–Kier alpha value is -1.55. The molecule has 114 valence electrons. The predicted molar refractivity (Wildman–Crippen MR) is 80.3 cm³/mol. The summed E-state index contributed by atoms with van der Waals surface area (Å²) in [5, 5.41) is 12.7. The molecule has 0 bridgehead atoms. The second-order valence-corrected chi connectivity index (χ2v) is 6.31. The van der Waals surface area contributed by atoms with Crippen LogP contribution in [-0.4, -0.2) is 30.8 Å². The van der Waals surface area contributed by atoms with Crippen LogP contribution in [0, 0.1) is 5.41 Å².